The van der Waals surface area contributed by atoms with Crippen molar-refractivity contribution in [3.8, 4) is 0 Å². The number of carboxylic acid groups (broad SMARTS) is 1. The summed E-state index contributed by atoms with van der Waals surface area (Å²) in [6, 6.07) is 0. The van der Waals surface area contributed by atoms with Gasteiger partial charge in [-0.25, -0.2) is 4.79 Å². The fraction of sp³-hybridized carbons (Fsp3) is 0.926. The van der Waals surface area contributed by atoms with Gasteiger partial charge in [0.15, 0.2) is 18.2 Å². The number of hydrogen-bond acceptors (Lipinski definition) is 8. The van der Waals surface area contributed by atoms with Crippen molar-refractivity contribution in [3.05, 3.63) is 0 Å². The number of fused-ring (bicyclic) bond motifs is 5. The Labute approximate surface area is 212 Å². The molecule has 1 saturated heterocycles. The number of hydrogen-bond donors (Lipinski definition) is 5. The lowest BCUT2D eigenvalue weighted by molar-refractivity contribution is -0.309. The molecule has 0 bridgehead atoms. The molecular formula is C27H42O9. The summed E-state index contributed by atoms with van der Waals surface area (Å²) in [6.45, 7) is 4.33. The molecule has 5 N–H and O–H groups in total. The Hall–Kier alpha value is -1.10. The molecule has 5 rings (SSSR count). The highest BCUT2D eigenvalue weighted by atomic mass is 16.7. The van der Waals surface area contributed by atoms with E-state index in [0.717, 1.165) is 57.8 Å². The molecule has 0 unspecified atom stereocenters. The zero-order valence-electron chi connectivity index (χ0n) is 21.3. The van der Waals surface area contributed by atoms with Crippen LogP contribution in [0.15, 0.2) is 0 Å². The molecule has 5 fully saturated rings. The second-order valence-corrected chi connectivity index (χ2v) is 12.7. The number of carbonyl (C=O) groups excluding carboxylic acids is 1. The van der Waals surface area contributed by atoms with E-state index in [4.69, 9.17) is 9.47 Å². The van der Waals surface area contributed by atoms with Crippen LogP contribution in [0.1, 0.15) is 71.6 Å². The summed E-state index contributed by atoms with van der Waals surface area (Å²) in [5.74, 6) is 0.716. The molecule has 0 aromatic carbocycles. The van der Waals surface area contributed by atoms with Crippen LogP contribution in [0.25, 0.3) is 0 Å². The van der Waals surface area contributed by atoms with Gasteiger partial charge in [-0.05, 0) is 92.3 Å². The minimum Gasteiger partial charge on any atom is -0.479 e. The summed E-state index contributed by atoms with van der Waals surface area (Å²) in [4.78, 5) is 23.9. The van der Waals surface area contributed by atoms with Gasteiger partial charge in [0.25, 0.3) is 0 Å². The Morgan fingerprint density at radius 1 is 0.889 bits per heavy atom. The highest BCUT2D eigenvalue weighted by Gasteiger charge is 2.61. The standard InChI is InChI=1S/C27H42O9/c1-26-9-7-14(35-25-22(32)20(30)21(31)23(36-25)24(33)34)11-13(26)3-4-15-16-5-6-18(19(29)12-28)27(16,2)10-8-17(15)26/h13-18,20-23,25,28,30-32H,3-12H2,1-2H3,(H,33,34)/t13-,14-,15+,16+,17+,18-,20+,21+,22-,23+,25-,26+,27+/m1/s1. The van der Waals surface area contributed by atoms with E-state index in [0.29, 0.717) is 23.7 Å². The van der Waals surface area contributed by atoms with Gasteiger partial charge < -0.3 is 35.0 Å². The Bertz CT molecular complexity index is 864. The van der Waals surface area contributed by atoms with E-state index in [-0.39, 0.29) is 35.2 Å². The Morgan fingerprint density at radius 3 is 2.28 bits per heavy atom. The van der Waals surface area contributed by atoms with E-state index in [1.807, 2.05) is 0 Å². The molecular weight excluding hydrogens is 468 g/mol. The van der Waals surface area contributed by atoms with Crippen LogP contribution in [0.2, 0.25) is 0 Å². The van der Waals surface area contributed by atoms with Crippen LogP contribution in [-0.2, 0) is 19.1 Å². The fourth-order valence-electron chi connectivity index (χ4n) is 9.34. The van der Waals surface area contributed by atoms with Crippen molar-refractivity contribution in [3.63, 3.8) is 0 Å². The quantitative estimate of drug-likeness (QED) is 0.346. The first-order valence-corrected chi connectivity index (χ1v) is 13.7. The third-order valence-electron chi connectivity index (χ3n) is 11.3. The van der Waals surface area contributed by atoms with Crippen LogP contribution < -0.4 is 0 Å². The summed E-state index contributed by atoms with van der Waals surface area (Å²) in [5, 5.41) is 49.3. The lowest BCUT2D eigenvalue weighted by atomic mass is 9.44. The summed E-state index contributed by atoms with van der Waals surface area (Å²) in [7, 11) is 0. The van der Waals surface area contributed by atoms with E-state index in [9.17, 15) is 35.1 Å². The molecule has 0 spiro atoms. The number of ketones is 1. The lowest BCUT2D eigenvalue weighted by Crippen LogP contribution is -2.61. The molecule has 13 atom stereocenters. The molecule has 9 nitrogen and oxygen atoms in total. The van der Waals surface area contributed by atoms with Crippen molar-refractivity contribution in [2.45, 2.75) is 108 Å². The SMILES string of the molecule is C[C@]12CC[C@@H](O[C@@H]3O[C@H](C(=O)O)[C@@H](O)[C@H](O)[C@H]3O)C[C@H]1CC[C@@H]1[C@@H]2CC[C@]2(C)[C@@H](C(=O)CO)CC[C@@H]12. The predicted octanol–water partition coefficient (Wildman–Crippen LogP) is 1.48. The summed E-state index contributed by atoms with van der Waals surface area (Å²) in [6.07, 6.45) is 0.700. The maximum absolute atomic E-state index is 12.5. The second kappa shape index (κ2) is 9.58. The van der Waals surface area contributed by atoms with Crippen molar-refractivity contribution >= 4 is 11.8 Å². The summed E-state index contributed by atoms with van der Waals surface area (Å²) in [5.41, 5.74) is 0.152. The molecule has 9 heteroatoms. The van der Waals surface area contributed by atoms with Crippen LogP contribution in [0.3, 0.4) is 0 Å². The average Bonchev–Trinajstić information content (AvgIpc) is 3.21. The van der Waals surface area contributed by atoms with Gasteiger partial charge >= 0.3 is 5.97 Å². The molecule has 1 aliphatic heterocycles. The molecule has 1 heterocycles. The van der Waals surface area contributed by atoms with Gasteiger partial charge in [-0.2, -0.15) is 0 Å². The van der Waals surface area contributed by atoms with Crippen LogP contribution in [0.5, 0.6) is 0 Å². The van der Waals surface area contributed by atoms with Crippen molar-refractivity contribution in [2.24, 2.45) is 40.4 Å². The van der Waals surface area contributed by atoms with Crippen LogP contribution in [-0.4, -0.2) is 80.7 Å². The minimum atomic E-state index is -1.72. The van der Waals surface area contributed by atoms with Gasteiger partial charge in [0.2, 0.25) is 0 Å². The molecule has 36 heavy (non-hydrogen) atoms. The zero-order chi connectivity index (χ0) is 26.0. The highest BCUT2D eigenvalue weighted by molar-refractivity contribution is 5.83. The molecule has 4 aliphatic carbocycles. The van der Waals surface area contributed by atoms with Crippen LogP contribution >= 0.6 is 0 Å². The summed E-state index contributed by atoms with van der Waals surface area (Å²) < 4.78 is 11.4. The largest absolute Gasteiger partial charge is 0.479 e. The number of aliphatic hydroxyl groups is 4. The Balaban J connectivity index is 1.26. The Morgan fingerprint density at radius 2 is 1.58 bits per heavy atom. The third-order valence-corrected chi connectivity index (χ3v) is 11.3. The normalized spacial score (nSPS) is 52.7. The smallest absolute Gasteiger partial charge is 0.335 e. The van der Waals surface area contributed by atoms with Crippen molar-refractivity contribution < 1.29 is 44.6 Å². The topological polar surface area (TPSA) is 154 Å². The van der Waals surface area contributed by atoms with E-state index in [2.05, 4.69) is 13.8 Å². The summed E-state index contributed by atoms with van der Waals surface area (Å²) >= 11 is 0. The monoisotopic (exact) mass is 510 g/mol. The molecule has 0 aromatic rings. The maximum Gasteiger partial charge on any atom is 0.335 e. The van der Waals surface area contributed by atoms with Crippen LogP contribution in [0.4, 0.5) is 0 Å². The van der Waals surface area contributed by atoms with Crippen LogP contribution in [0, 0.1) is 40.4 Å². The number of Topliss-reactive ketones (excluding diaryl/α,β-unsaturated/α-hetero) is 1. The van der Waals surface area contributed by atoms with E-state index >= 15 is 0 Å². The molecule has 0 radical (unpaired) electrons. The third kappa shape index (κ3) is 4.05. The maximum atomic E-state index is 12.5. The number of aliphatic carboxylic acids is 1. The number of carboxylic acids is 1. The molecule has 0 aromatic heterocycles. The average molecular weight is 511 g/mol. The Kier molecular flexibility index (Phi) is 7.05. The number of rotatable bonds is 5. The predicted molar refractivity (Wildman–Crippen MR) is 127 cm³/mol. The fourth-order valence-corrected chi connectivity index (χ4v) is 9.34. The number of carbonyl (C=O) groups is 2. The van der Waals surface area contributed by atoms with Gasteiger partial charge in [0.1, 0.15) is 24.9 Å². The van der Waals surface area contributed by atoms with E-state index in [1.165, 1.54) is 0 Å². The van der Waals surface area contributed by atoms with E-state index in [1.54, 1.807) is 0 Å². The van der Waals surface area contributed by atoms with Gasteiger partial charge in [-0.1, -0.05) is 13.8 Å². The molecule has 5 aliphatic rings. The minimum absolute atomic E-state index is 0.00546. The first-order valence-electron chi connectivity index (χ1n) is 13.7. The van der Waals surface area contributed by atoms with Crippen molar-refractivity contribution in [1.82, 2.24) is 0 Å². The second-order valence-electron chi connectivity index (χ2n) is 12.7. The lowest BCUT2D eigenvalue weighted by Gasteiger charge is -2.61. The van der Waals surface area contributed by atoms with Crippen molar-refractivity contribution in [2.75, 3.05) is 6.61 Å². The van der Waals surface area contributed by atoms with Gasteiger partial charge in [-0.15, -0.1) is 0 Å². The molecule has 0 amide bonds. The van der Waals surface area contributed by atoms with Gasteiger partial charge in [0.05, 0.1) is 6.10 Å². The van der Waals surface area contributed by atoms with Gasteiger partial charge in [-0.3, -0.25) is 4.79 Å². The number of ether oxygens (including phenoxy) is 2. The van der Waals surface area contributed by atoms with Gasteiger partial charge in [0, 0.05) is 5.92 Å². The zero-order valence-corrected chi connectivity index (χ0v) is 21.3. The number of aliphatic hydroxyl groups excluding tert-OH is 4. The molecule has 4 saturated carbocycles. The van der Waals surface area contributed by atoms with E-state index < -0.39 is 36.7 Å². The first kappa shape index (κ1) is 26.5. The molecule has 204 valence electrons. The highest BCUT2D eigenvalue weighted by Crippen LogP contribution is 2.67. The van der Waals surface area contributed by atoms with Crippen molar-refractivity contribution in [1.29, 1.82) is 0 Å². The first-order chi connectivity index (χ1) is 17.0.